The van der Waals surface area contributed by atoms with Crippen LogP contribution in [0.25, 0.3) is 0 Å². The van der Waals surface area contributed by atoms with Gasteiger partial charge in [0.05, 0.1) is 0 Å². The topological polar surface area (TPSA) is 23.6 Å². The van der Waals surface area contributed by atoms with Gasteiger partial charge in [-0.1, -0.05) is 74.5 Å². The van der Waals surface area contributed by atoms with Gasteiger partial charge in [-0.2, -0.15) is 0 Å². The second-order valence-corrected chi connectivity index (χ2v) is 8.60. The van der Waals surface area contributed by atoms with Crippen molar-refractivity contribution in [1.29, 1.82) is 0 Å². The molecule has 27 heavy (non-hydrogen) atoms. The number of piperidine rings is 1. The lowest BCUT2D eigenvalue weighted by Gasteiger charge is -2.47. The Hall–Kier alpha value is -2.13. The number of benzene rings is 2. The number of carbonyl (C=O) groups is 1. The van der Waals surface area contributed by atoms with Crippen LogP contribution in [0.5, 0.6) is 0 Å². The molecule has 1 aliphatic rings. The molecule has 0 spiro atoms. The average molecular weight is 365 g/mol. The molecule has 1 heterocycles. The summed E-state index contributed by atoms with van der Waals surface area (Å²) in [6, 6.07) is 21.1. The second-order valence-electron chi connectivity index (χ2n) is 8.60. The summed E-state index contributed by atoms with van der Waals surface area (Å²) in [4.78, 5) is 17.4. The van der Waals surface area contributed by atoms with Crippen LogP contribution < -0.4 is 0 Å². The monoisotopic (exact) mass is 364 g/mol. The van der Waals surface area contributed by atoms with E-state index in [-0.39, 0.29) is 16.9 Å². The molecule has 0 unspecified atom stereocenters. The molecule has 2 aromatic rings. The van der Waals surface area contributed by atoms with Gasteiger partial charge in [-0.25, -0.2) is 0 Å². The van der Waals surface area contributed by atoms with Gasteiger partial charge in [0.1, 0.15) is 0 Å². The van der Waals surface area contributed by atoms with E-state index in [9.17, 15) is 4.79 Å². The summed E-state index contributed by atoms with van der Waals surface area (Å²) in [6.45, 7) is 5.96. The molecule has 0 radical (unpaired) electrons. The number of likely N-dealkylation sites (tertiary alicyclic amines) is 1. The van der Waals surface area contributed by atoms with Gasteiger partial charge < -0.3 is 4.90 Å². The highest BCUT2D eigenvalue weighted by Gasteiger charge is 2.39. The molecule has 0 aromatic heterocycles. The van der Waals surface area contributed by atoms with Crippen molar-refractivity contribution in [3.8, 4) is 0 Å². The third-order valence-electron chi connectivity index (χ3n) is 6.26. The lowest BCUT2D eigenvalue weighted by molar-refractivity contribution is -0.135. The largest absolute Gasteiger partial charge is 0.343 e. The van der Waals surface area contributed by atoms with Crippen molar-refractivity contribution in [3.05, 3.63) is 71.8 Å². The standard InChI is InChI=1S/C24H32N2O/c1-23(2,20-11-7-5-8-12-20)19-22(27)26-17-15-24(16-18-26,25(3)4)21-13-9-6-10-14-21/h5-14H,15-19H2,1-4H3. The van der Waals surface area contributed by atoms with Crippen molar-refractivity contribution in [2.45, 2.75) is 44.1 Å². The zero-order chi connectivity index (χ0) is 19.5. The van der Waals surface area contributed by atoms with Gasteiger partial charge in [-0.15, -0.1) is 0 Å². The summed E-state index contributed by atoms with van der Waals surface area (Å²) in [7, 11) is 4.31. The van der Waals surface area contributed by atoms with Gasteiger partial charge in [-0.3, -0.25) is 9.69 Å². The quantitative estimate of drug-likeness (QED) is 0.783. The highest BCUT2D eigenvalue weighted by atomic mass is 16.2. The predicted octanol–water partition coefficient (Wildman–Crippen LogP) is 4.43. The van der Waals surface area contributed by atoms with Crippen molar-refractivity contribution < 1.29 is 4.79 Å². The lowest BCUT2D eigenvalue weighted by atomic mass is 9.78. The Bertz CT molecular complexity index is 744. The van der Waals surface area contributed by atoms with Crippen LogP contribution in [0.15, 0.2) is 60.7 Å². The van der Waals surface area contributed by atoms with E-state index in [2.05, 4.69) is 80.2 Å². The van der Waals surface area contributed by atoms with Crippen LogP contribution in [0.2, 0.25) is 0 Å². The summed E-state index contributed by atoms with van der Waals surface area (Å²) in [6.07, 6.45) is 2.50. The van der Waals surface area contributed by atoms with Crippen LogP contribution in [0.4, 0.5) is 0 Å². The molecule has 0 saturated carbocycles. The van der Waals surface area contributed by atoms with E-state index >= 15 is 0 Å². The summed E-state index contributed by atoms with van der Waals surface area (Å²) in [5.41, 5.74) is 2.45. The van der Waals surface area contributed by atoms with Gasteiger partial charge in [0.15, 0.2) is 0 Å². The molecule has 1 saturated heterocycles. The molecule has 1 amide bonds. The molecule has 3 nitrogen and oxygen atoms in total. The van der Waals surface area contributed by atoms with Crippen molar-refractivity contribution in [2.24, 2.45) is 0 Å². The maximum absolute atomic E-state index is 13.0. The van der Waals surface area contributed by atoms with Crippen molar-refractivity contribution in [3.63, 3.8) is 0 Å². The Kier molecular flexibility index (Phi) is 5.71. The molecular weight excluding hydrogens is 332 g/mol. The molecule has 3 rings (SSSR count). The van der Waals surface area contributed by atoms with Crippen LogP contribution in [0, 0.1) is 0 Å². The molecule has 3 heteroatoms. The SMILES string of the molecule is CN(C)C1(c2ccccc2)CCN(C(=O)CC(C)(C)c2ccccc2)CC1. The first-order chi connectivity index (χ1) is 12.8. The molecule has 1 aliphatic heterocycles. The van der Waals surface area contributed by atoms with E-state index in [1.165, 1.54) is 11.1 Å². The first-order valence-corrected chi connectivity index (χ1v) is 9.91. The molecule has 2 aromatic carbocycles. The molecular formula is C24H32N2O. The summed E-state index contributed by atoms with van der Waals surface area (Å²) >= 11 is 0. The normalized spacial score (nSPS) is 17.1. The van der Waals surface area contributed by atoms with Crippen molar-refractivity contribution in [2.75, 3.05) is 27.2 Å². The van der Waals surface area contributed by atoms with Gasteiger partial charge in [0, 0.05) is 25.0 Å². The lowest BCUT2D eigenvalue weighted by Crippen LogP contribution is -2.52. The van der Waals surface area contributed by atoms with Crippen LogP contribution >= 0.6 is 0 Å². The summed E-state index contributed by atoms with van der Waals surface area (Å²) < 4.78 is 0. The number of hydrogen-bond donors (Lipinski definition) is 0. The van der Waals surface area contributed by atoms with E-state index in [0.29, 0.717) is 6.42 Å². The van der Waals surface area contributed by atoms with Crippen LogP contribution in [0.3, 0.4) is 0 Å². The molecule has 0 N–H and O–H groups in total. The Morgan fingerprint density at radius 1 is 0.963 bits per heavy atom. The van der Waals surface area contributed by atoms with Crippen LogP contribution in [0.1, 0.15) is 44.2 Å². The molecule has 1 fully saturated rings. The first-order valence-electron chi connectivity index (χ1n) is 9.91. The Labute approximate surface area is 164 Å². The zero-order valence-corrected chi connectivity index (χ0v) is 17.1. The fourth-order valence-electron chi connectivity index (χ4n) is 4.35. The van der Waals surface area contributed by atoms with Crippen LogP contribution in [-0.4, -0.2) is 42.9 Å². The third-order valence-corrected chi connectivity index (χ3v) is 6.26. The van der Waals surface area contributed by atoms with E-state index in [1.54, 1.807) is 0 Å². The van der Waals surface area contributed by atoms with E-state index in [0.717, 1.165) is 25.9 Å². The molecule has 144 valence electrons. The number of hydrogen-bond acceptors (Lipinski definition) is 2. The van der Waals surface area contributed by atoms with Crippen molar-refractivity contribution >= 4 is 5.91 Å². The van der Waals surface area contributed by atoms with Crippen LogP contribution in [-0.2, 0) is 15.7 Å². The van der Waals surface area contributed by atoms with E-state index in [4.69, 9.17) is 0 Å². The minimum atomic E-state index is -0.145. The average Bonchev–Trinajstić information content (AvgIpc) is 2.69. The van der Waals surface area contributed by atoms with Crippen molar-refractivity contribution in [1.82, 2.24) is 9.80 Å². The second kappa shape index (κ2) is 7.85. The number of carbonyl (C=O) groups excluding carboxylic acids is 1. The highest BCUT2D eigenvalue weighted by Crippen LogP contribution is 2.38. The number of nitrogens with zero attached hydrogens (tertiary/aromatic N) is 2. The maximum Gasteiger partial charge on any atom is 0.223 e. The summed E-state index contributed by atoms with van der Waals surface area (Å²) in [5.74, 6) is 0.268. The smallest absolute Gasteiger partial charge is 0.223 e. The fourth-order valence-corrected chi connectivity index (χ4v) is 4.35. The van der Waals surface area contributed by atoms with Gasteiger partial charge >= 0.3 is 0 Å². The first kappa shape index (κ1) is 19.6. The number of amides is 1. The van der Waals surface area contributed by atoms with E-state index in [1.807, 2.05) is 18.2 Å². The Morgan fingerprint density at radius 2 is 1.48 bits per heavy atom. The molecule has 0 atom stereocenters. The Morgan fingerprint density at radius 3 is 2.00 bits per heavy atom. The minimum Gasteiger partial charge on any atom is -0.343 e. The van der Waals surface area contributed by atoms with Gasteiger partial charge in [0.25, 0.3) is 0 Å². The van der Waals surface area contributed by atoms with E-state index < -0.39 is 0 Å². The molecule has 0 bridgehead atoms. The molecule has 0 aliphatic carbocycles. The predicted molar refractivity (Wildman–Crippen MR) is 112 cm³/mol. The third kappa shape index (κ3) is 4.08. The number of rotatable bonds is 5. The Balaban J connectivity index is 1.68. The fraction of sp³-hybridized carbons (Fsp3) is 0.458. The summed E-state index contributed by atoms with van der Waals surface area (Å²) in [5, 5.41) is 0. The zero-order valence-electron chi connectivity index (χ0n) is 17.1. The highest BCUT2D eigenvalue weighted by molar-refractivity contribution is 5.78. The van der Waals surface area contributed by atoms with Gasteiger partial charge in [-0.05, 0) is 43.5 Å². The van der Waals surface area contributed by atoms with Gasteiger partial charge in [0.2, 0.25) is 5.91 Å². The minimum absolute atomic E-state index is 0.0208. The maximum atomic E-state index is 13.0.